The summed E-state index contributed by atoms with van der Waals surface area (Å²) in [5.74, 6) is -1.02. The van der Waals surface area contributed by atoms with Gasteiger partial charge in [0.15, 0.2) is 6.10 Å². The predicted molar refractivity (Wildman–Crippen MR) is 238 cm³/mol. The minimum absolute atomic E-state index is 0.0948. The summed E-state index contributed by atoms with van der Waals surface area (Å²) in [5, 5.41) is 0. The molecule has 0 N–H and O–H groups in total. The van der Waals surface area contributed by atoms with E-state index in [4.69, 9.17) is 14.2 Å². The summed E-state index contributed by atoms with van der Waals surface area (Å²) in [4.78, 5) is 37.7. The second kappa shape index (κ2) is 45.3. The first kappa shape index (κ1) is 53.6. The van der Waals surface area contributed by atoms with Crippen LogP contribution in [0.2, 0.25) is 0 Å². The Morgan fingerprint density at radius 2 is 0.696 bits per heavy atom. The van der Waals surface area contributed by atoms with Crippen molar-refractivity contribution < 1.29 is 28.6 Å². The molecule has 0 aliphatic carbocycles. The minimum Gasteiger partial charge on any atom is -0.462 e. The highest BCUT2D eigenvalue weighted by molar-refractivity contribution is 5.72. The number of rotatable bonds is 43. The Hall–Kier alpha value is -2.37. The molecule has 0 amide bonds. The topological polar surface area (TPSA) is 78.9 Å². The number of carbonyl (C=O) groups is 3. The summed E-state index contributed by atoms with van der Waals surface area (Å²) >= 11 is 0. The molecule has 0 heterocycles. The lowest BCUT2D eigenvalue weighted by atomic mass is 10.0. The Morgan fingerprint density at radius 3 is 1.09 bits per heavy atom. The third kappa shape index (κ3) is 42.8. The Bertz CT molecular complexity index is 953. The van der Waals surface area contributed by atoms with Crippen molar-refractivity contribution in [1.82, 2.24) is 0 Å². The van der Waals surface area contributed by atoms with Gasteiger partial charge in [-0.3, -0.25) is 14.4 Å². The fraction of sp³-hybridized carbons (Fsp3) is 0.820. The molecule has 326 valence electrons. The fourth-order valence-electron chi connectivity index (χ4n) is 6.86. The smallest absolute Gasteiger partial charge is 0.309 e. The van der Waals surface area contributed by atoms with E-state index in [1.807, 2.05) is 6.08 Å². The summed E-state index contributed by atoms with van der Waals surface area (Å²) in [7, 11) is 0. The van der Waals surface area contributed by atoms with Crippen LogP contribution >= 0.6 is 0 Å². The van der Waals surface area contributed by atoms with E-state index >= 15 is 0 Å². The third-order valence-electron chi connectivity index (χ3n) is 10.4. The number of esters is 3. The van der Waals surface area contributed by atoms with Crippen molar-refractivity contribution in [3.8, 4) is 0 Å². The summed E-state index contributed by atoms with van der Waals surface area (Å²) in [6.07, 6.45) is 51.6. The first-order chi connectivity index (χ1) is 27.5. The van der Waals surface area contributed by atoms with Crippen molar-refractivity contribution in [3.63, 3.8) is 0 Å². The number of hydrogen-bond acceptors (Lipinski definition) is 6. The molecule has 0 aromatic rings. The van der Waals surface area contributed by atoms with Gasteiger partial charge in [-0.25, -0.2) is 0 Å². The highest BCUT2D eigenvalue weighted by atomic mass is 16.6. The lowest BCUT2D eigenvalue weighted by Crippen LogP contribution is -2.30. The van der Waals surface area contributed by atoms with Gasteiger partial charge in [0.1, 0.15) is 13.2 Å². The monoisotopic (exact) mass is 787 g/mol. The van der Waals surface area contributed by atoms with Crippen LogP contribution in [0, 0.1) is 0 Å². The van der Waals surface area contributed by atoms with Gasteiger partial charge in [-0.1, -0.05) is 231 Å². The predicted octanol–water partition coefficient (Wildman–Crippen LogP) is 15.4. The zero-order chi connectivity index (χ0) is 40.8. The molecule has 0 bridgehead atoms. The van der Waals surface area contributed by atoms with Gasteiger partial charge >= 0.3 is 17.9 Å². The molecule has 0 fully saturated rings. The van der Waals surface area contributed by atoms with Crippen LogP contribution in [-0.2, 0) is 28.6 Å². The van der Waals surface area contributed by atoms with Crippen LogP contribution in [0.1, 0.15) is 245 Å². The van der Waals surface area contributed by atoms with Gasteiger partial charge in [-0.05, 0) is 32.1 Å². The van der Waals surface area contributed by atoms with Gasteiger partial charge in [-0.2, -0.15) is 0 Å². The molecule has 0 spiro atoms. The van der Waals surface area contributed by atoms with Crippen molar-refractivity contribution in [3.05, 3.63) is 36.5 Å². The Balaban J connectivity index is 4.35. The summed E-state index contributed by atoms with van der Waals surface area (Å²) < 4.78 is 16.6. The van der Waals surface area contributed by atoms with E-state index in [-0.39, 0.29) is 31.6 Å². The van der Waals surface area contributed by atoms with Crippen LogP contribution in [-0.4, -0.2) is 37.2 Å². The molecule has 0 saturated carbocycles. The maximum absolute atomic E-state index is 12.7. The molecule has 0 aliphatic heterocycles. The van der Waals surface area contributed by atoms with Gasteiger partial charge in [0.2, 0.25) is 0 Å². The van der Waals surface area contributed by atoms with Crippen LogP contribution < -0.4 is 0 Å². The zero-order valence-electron chi connectivity index (χ0n) is 37.2. The van der Waals surface area contributed by atoms with Crippen LogP contribution in [0.3, 0.4) is 0 Å². The molecule has 6 heteroatoms. The average molecular weight is 787 g/mol. The Morgan fingerprint density at radius 1 is 0.375 bits per heavy atom. The maximum Gasteiger partial charge on any atom is 0.309 e. The standard InChI is InChI=1S/C50H90O6/c1-4-7-10-13-16-19-21-23-25-27-28-31-34-37-40-43-49(52)55-46-47(45-54-48(51)42-39-36-33-30-18-15-12-9-6-3)56-50(53)44-41-38-35-32-29-26-24-22-20-17-14-11-8-5-2/h9,12,18,30,36,39,47H,4-8,10-11,13-17,19-29,31-35,37-38,40-46H2,1-3H3/b12-9-,30-18-,39-36-. The molecule has 1 atom stereocenters. The van der Waals surface area contributed by atoms with E-state index in [1.54, 1.807) is 6.08 Å². The van der Waals surface area contributed by atoms with E-state index < -0.39 is 12.1 Å². The largest absolute Gasteiger partial charge is 0.462 e. The van der Waals surface area contributed by atoms with Crippen molar-refractivity contribution in [1.29, 1.82) is 0 Å². The molecule has 0 saturated heterocycles. The first-order valence-electron chi connectivity index (χ1n) is 24.0. The Kier molecular flexibility index (Phi) is 43.4. The van der Waals surface area contributed by atoms with E-state index in [1.165, 1.54) is 148 Å². The number of hydrogen-bond donors (Lipinski definition) is 0. The second-order valence-electron chi connectivity index (χ2n) is 16.0. The van der Waals surface area contributed by atoms with Crippen LogP contribution in [0.15, 0.2) is 36.5 Å². The molecule has 0 radical (unpaired) electrons. The van der Waals surface area contributed by atoms with Gasteiger partial charge in [0.05, 0.1) is 6.42 Å². The normalized spacial score (nSPS) is 12.3. The zero-order valence-corrected chi connectivity index (χ0v) is 37.2. The van der Waals surface area contributed by atoms with E-state index in [9.17, 15) is 14.4 Å². The van der Waals surface area contributed by atoms with Gasteiger partial charge in [0.25, 0.3) is 0 Å². The third-order valence-corrected chi connectivity index (χ3v) is 10.4. The molecule has 6 nitrogen and oxygen atoms in total. The molecule has 0 aromatic carbocycles. The second-order valence-corrected chi connectivity index (χ2v) is 16.0. The first-order valence-corrected chi connectivity index (χ1v) is 24.0. The van der Waals surface area contributed by atoms with Gasteiger partial charge in [0, 0.05) is 12.8 Å². The molecule has 0 aliphatic rings. The minimum atomic E-state index is -0.800. The van der Waals surface area contributed by atoms with Crippen molar-refractivity contribution in [2.24, 2.45) is 0 Å². The highest BCUT2D eigenvalue weighted by Crippen LogP contribution is 2.16. The molecule has 0 rings (SSSR count). The van der Waals surface area contributed by atoms with Crippen LogP contribution in [0.4, 0.5) is 0 Å². The van der Waals surface area contributed by atoms with Crippen molar-refractivity contribution in [2.45, 2.75) is 252 Å². The van der Waals surface area contributed by atoms with Crippen LogP contribution in [0.5, 0.6) is 0 Å². The van der Waals surface area contributed by atoms with E-state index in [0.29, 0.717) is 12.8 Å². The van der Waals surface area contributed by atoms with Crippen molar-refractivity contribution in [2.75, 3.05) is 13.2 Å². The summed E-state index contributed by atoms with van der Waals surface area (Å²) in [6.45, 7) is 6.44. The average Bonchev–Trinajstić information content (AvgIpc) is 3.19. The van der Waals surface area contributed by atoms with Crippen molar-refractivity contribution >= 4 is 17.9 Å². The van der Waals surface area contributed by atoms with Gasteiger partial charge in [-0.15, -0.1) is 0 Å². The van der Waals surface area contributed by atoms with Crippen LogP contribution in [0.25, 0.3) is 0 Å². The summed E-state index contributed by atoms with van der Waals surface area (Å²) in [6, 6.07) is 0. The molecule has 1 unspecified atom stereocenters. The van der Waals surface area contributed by atoms with E-state index in [0.717, 1.165) is 57.8 Å². The SMILES string of the molecule is CC/C=C\C/C=C\C/C=C\CC(=O)OCC(COC(=O)CCCCCCCCCCCCCCCCC)OC(=O)CCCCCCCCCCCCCCCC. The molecule has 56 heavy (non-hydrogen) atoms. The molecular weight excluding hydrogens is 697 g/mol. The number of unbranched alkanes of at least 4 members (excludes halogenated alkanes) is 27. The maximum atomic E-state index is 12.7. The van der Waals surface area contributed by atoms with E-state index in [2.05, 4.69) is 45.1 Å². The summed E-state index contributed by atoms with van der Waals surface area (Å²) in [5.41, 5.74) is 0. The number of carbonyl (C=O) groups excluding carboxylic acids is 3. The Labute approximate surface area is 346 Å². The lowest BCUT2D eigenvalue weighted by Gasteiger charge is -2.18. The van der Waals surface area contributed by atoms with Gasteiger partial charge < -0.3 is 14.2 Å². The number of allylic oxidation sites excluding steroid dienone is 5. The lowest BCUT2D eigenvalue weighted by molar-refractivity contribution is -0.166. The quantitative estimate of drug-likeness (QED) is 0.0265. The molecular formula is C50H90O6. The fourth-order valence-corrected chi connectivity index (χ4v) is 6.86. The molecule has 0 aromatic heterocycles. The highest BCUT2D eigenvalue weighted by Gasteiger charge is 2.19. The number of ether oxygens (including phenoxy) is 3.